The first-order valence-corrected chi connectivity index (χ1v) is 12.9. The maximum atomic E-state index is 16.6. The lowest BCUT2D eigenvalue weighted by Crippen LogP contribution is -2.49. The van der Waals surface area contributed by atoms with Crippen LogP contribution in [0.5, 0.6) is 17.2 Å². The molecule has 0 unspecified atom stereocenters. The summed E-state index contributed by atoms with van der Waals surface area (Å²) in [7, 11) is 1.54. The summed E-state index contributed by atoms with van der Waals surface area (Å²) >= 11 is 0. The van der Waals surface area contributed by atoms with Gasteiger partial charge in [-0.25, -0.2) is 9.37 Å². The molecule has 5 aromatic rings. The Hall–Kier alpha value is -4.36. The second kappa shape index (κ2) is 10.4. The van der Waals surface area contributed by atoms with Crippen molar-refractivity contribution in [1.29, 1.82) is 0 Å². The highest BCUT2D eigenvalue weighted by atomic mass is 19.1. The minimum Gasteiger partial charge on any atom is -0.493 e. The van der Waals surface area contributed by atoms with Gasteiger partial charge in [0.15, 0.2) is 11.6 Å². The van der Waals surface area contributed by atoms with Crippen molar-refractivity contribution in [3.63, 3.8) is 0 Å². The molecule has 1 aromatic heterocycles. The van der Waals surface area contributed by atoms with Crippen molar-refractivity contribution in [3.8, 4) is 28.6 Å². The van der Waals surface area contributed by atoms with Gasteiger partial charge in [0.2, 0.25) is 11.5 Å². The molecule has 4 aromatic carbocycles. The third-order valence-corrected chi connectivity index (χ3v) is 6.98. The SMILES string of the molecule is COc1cc(-c2nc3ccccc3n2C2(C)COC2)c(F)c(OCc2ccccc2)c1OCc1ccccc1. The van der Waals surface area contributed by atoms with Gasteiger partial charge in [-0.3, -0.25) is 0 Å². The molecule has 1 saturated heterocycles. The van der Waals surface area contributed by atoms with Crippen LogP contribution >= 0.6 is 0 Å². The van der Waals surface area contributed by atoms with Crippen LogP contribution in [0.25, 0.3) is 22.4 Å². The van der Waals surface area contributed by atoms with E-state index in [-0.39, 0.29) is 35.8 Å². The van der Waals surface area contributed by atoms with Gasteiger partial charge >= 0.3 is 0 Å². The predicted octanol–water partition coefficient (Wildman–Crippen LogP) is 6.75. The van der Waals surface area contributed by atoms with Crippen LogP contribution in [-0.2, 0) is 23.5 Å². The molecule has 1 aliphatic heterocycles. The standard InChI is InChI=1S/C32H29FN2O4/c1-32(20-37-21-32)35-26-16-10-9-15-25(26)34-31(35)24-17-27(36-2)29(38-18-22-11-5-3-6-12-22)30(28(24)33)39-19-23-13-7-4-8-14-23/h3-17H,18-21H2,1-2H3. The fourth-order valence-electron chi connectivity index (χ4n) is 4.91. The summed E-state index contributed by atoms with van der Waals surface area (Å²) in [5.41, 5.74) is 3.44. The third-order valence-electron chi connectivity index (χ3n) is 6.98. The maximum Gasteiger partial charge on any atom is 0.207 e. The van der Waals surface area contributed by atoms with Crippen LogP contribution in [0.15, 0.2) is 91.0 Å². The molecule has 0 aliphatic carbocycles. The molecular weight excluding hydrogens is 495 g/mol. The summed E-state index contributed by atoms with van der Waals surface area (Å²) in [4.78, 5) is 4.87. The number of benzene rings is 4. The van der Waals surface area contributed by atoms with Crippen molar-refractivity contribution in [2.24, 2.45) is 0 Å². The minimum absolute atomic E-state index is 0.0160. The van der Waals surface area contributed by atoms with Crippen LogP contribution in [0.4, 0.5) is 4.39 Å². The van der Waals surface area contributed by atoms with Crippen molar-refractivity contribution in [1.82, 2.24) is 9.55 Å². The van der Waals surface area contributed by atoms with Crippen molar-refractivity contribution in [2.45, 2.75) is 25.7 Å². The largest absolute Gasteiger partial charge is 0.493 e. The van der Waals surface area contributed by atoms with Crippen molar-refractivity contribution >= 4 is 11.0 Å². The average molecular weight is 525 g/mol. The van der Waals surface area contributed by atoms with E-state index in [1.54, 1.807) is 6.07 Å². The lowest BCUT2D eigenvalue weighted by molar-refractivity contribution is -0.0868. The van der Waals surface area contributed by atoms with Gasteiger partial charge in [0.05, 0.1) is 42.5 Å². The van der Waals surface area contributed by atoms with E-state index in [9.17, 15) is 0 Å². The minimum atomic E-state index is -0.560. The van der Waals surface area contributed by atoms with Gasteiger partial charge in [-0.2, -0.15) is 0 Å². The molecular formula is C32H29FN2O4. The molecule has 0 amide bonds. The summed E-state index contributed by atoms with van der Waals surface area (Å²) in [5, 5.41) is 0. The summed E-state index contributed by atoms with van der Waals surface area (Å²) in [6.07, 6.45) is 0. The van der Waals surface area contributed by atoms with Gasteiger partial charge in [0.1, 0.15) is 19.0 Å². The molecule has 1 fully saturated rings. The highest BCUT2D eigenvalue weighted by Crippen LogP contribution is 2.46. The van der Waals surface area contributed by atoms with E-state index >= 15 is 4.39 Å². The van der Waals surface area contributed by atoms with Crippen LogP contribution in [0, 0.1) is 5.82 Å². The van der Waals surface area contributed by atoms with E-state index in [4.69, 9.17) is 23.9 Å². The molecule has 6 rings (SSSR count). The Balaban J connectivity index is 1.50. The first-order valence-electron chi connectivity index (χ1n) is 12.9. The highest BCUT2D eigenvalue weighted by Gasteiger charge is 2.39. The second-order valence-electron chi connectivity index (χ2n) is 9.90. The zero-order chi connectivity index (χ0) is 26.8. The van der Waals surface area contributed by atoms with Gasteiger partial charge in [-0.05, 0) is 36.2 Å². The average Bonchev–Trinajstić information content (AvgIpc) is 3.35. The number of hydrogen-bond acceptors (Lipinski definition) is 5. The van der Waals surface area contributed by atoms with E-state index in [1.807, 2.05) is 84.9 Å². The van der Waals surface area contributed by atoms with Crippen molar-refractivity contribution in [2.75, 3.05) is 20.3 Å². The first-order chi connectivity index (χ1) is 19.1. The first kappa shape index (κ1) is 24.9. The van der Waals surface area contributed by atoms with Crippen LogP contribution in [0.2, 0.25) is 0 Å². The predicted molar refractivity (Wildman–Crippen MR) is 148 cm³/mol. The summed E-state index contributed by atoms with van der Waals surface area (Å²) < 4.78 is 42.3. The molecule has 198 valence electrons. The number of halogens is 1. The third kappa shape index (κ3) is 4.70. The second-order valence-corrected chi connectivity index (χ2v) is 9.90. The normalized spacial score (nSPS) is 14.1. The zero-order valence-electron chi connectivity index (χ0n) is 21.9. The van der Waals surface area contributed by atoms with Gasteiger partial charge in [0, 0.05) is 0 Å². The number of nitrogens with zero attached hydrogens (tertiary/aromatic N) is 2. The van der Waals surface area contributed by atoms with E-state index in [0.717, 1.165) is 22.2 Å². The fraction of sp³-hybridized carbons (Fsp3) is 0.219. The monoisotopic (exact) mass is 524 g/mol. The Morgan fingerprint density at radius 1 is 0.846 bits per heavy atom. The Labute approximate surface area is 226 Å². The number of aromatic nitrogens is 2. The molecule has 0 saturated carbocycles. The number of rotatable bonds is 9. The molecule has 1 aliphatic rings. The molecule has 0 spiro atoms. The van der Waals surface area contributed by atoms with E-state index in [1.165, 1.54) is 7.11 Å². The summed E-state index contributed by atoms with van der Waals surface area (Å²) in [6.45, 7) is 3.50. The molecule has 2 heterocycles. The molecule has 39 heavy (non-hydrogen) atoms. The van der Waals surface area contributed by atoms with Gasteiger partial charge < -0.3 is 23.5 Å². The number of fused-ring (bicyclic) bond motifs is 1. The van der Waals surface area contributed by atoms with Gasteiger partial charge in [0.25, 0.3) is 0 Å². The van der Waals surface area contributed by atoms with Crippen LogP contribution in [0.3, 0.4) is 0 Å². The fourth-order valence-corrected chi connectivity index (χ4v) is 4.91. The van der Waals surface area contributed by atoms with E-state index in [2.05, 4.69) is 11.5 Å². The molecule has 0 bridgehead atoms. The Bertz CT molecular complexity index is 1600. The molecule has 7 heteroatoms. The van der Waals surface area contributed by atoms with E-state index < -0.39 is 5.82 Å². The van der Waals surface area contributed by atoms with Crippen LogP contribution < -0.4 is 14.2 Å². The number of ether oxygens (including phenoxy) is 4. The number of imidazole rings is 1. The van der Waals surface area contributed by atoms with Crippen LogP contribution in [0.1, 0.15) is 18.1 Å². The summed E-state index contributed by atoms with van der Waals surface area (Å²) in [6, 6.07) is 28.8. The zero-order valence-corrected chi connectivity index (χ0v) is 21.9. The lowest BCUT2D eigenvalue weighted by atomic mass is 9.98. The number of hydrogen-bond donors (Lipinski definition) is 0. The molecule has 0 atom stereocenters. The molecule has 0 radical (unpaired) electrons. The molecule has 0 N–H and O–H groups in total. The lowest BCUT2D eigenvalue weighted by Gasteiger charge is -2.40. The maximum absolute atomic E-state index is 16.6. The number of para-hydroxylation sites is 2. The quantitative estimate of drug-likeness (QED) is 0.213. The number of methoxy groups -OCH3 is 1. The van der Waals surface area contributed by atoms with Crippen molar-refractivity contribution < 1.29 is 23.3 Å². The Kier molecular flexibility index (Phi) is 6.67. The van der Waals surface area contributed by atoms with Gasteiger partial charge in [-0.1, -0.05) is 72.8 Å². The Morgan fingerprint density at radius 2 is 1.44 bits per heavy atom. The molecule has 6 nitrogen and oxygen atoms in total. The Morgan fingerprint density at radius 3 is 2.03 bits per heavy atom. The summed E-state index contributed by atoms with van der Waals surface area (Å²) in [5.74, 6) is 0.475. The topological polar surface area (TPSA) is 54.7 Å². The van der Waals surface area contributed by atoms with Crippen molar-refractivity contribution in [3.05, 3.63) is 108 Å². The van der Waals surface area contributed by atoms with Gasteiger partial charge in [-0.15, -0.1) is 0 Å². The smallest absolute Gasteiger partial charge is 0.207 e. The van der Waals surface area contributed by atoms with E-state index in [0.29, 0.717) is 24.8 Å². The highest BCUT2D eigenvalue weighted by molar-refractivity contribution is 5.82. The van der Waals surface area contributed by atoms with Crippen LogP contribution in [-0.4, -0.2) is 29.9 Å².